The average molecular weight is 336 g/mol. The molecule has 0 aliphatic carbocycles. The summed E-state index contributed by atoms with van der Waals surface area (Å²) >= 11 is -1.14. The van der Waals surface area contributed by atoms with Crippen LogP contribution in [0.3, 0.4) is 0 Å². The second-order valence-corrected chi connectivity index (χ2v) is 8.64. The molecule has 0 spiro atoms. The standard InChI is InChI=1S/C20H17Se/c1-4-10-18(11-5-1)16-17-21(19-12-6-2-7-13-19)20-14-8-3-9-15-20/h1-17H/q+1/b17-16+. The van der Waals surface area contributed by atoms with E-state index < -0.39 is 13.9 Å². The van der Waals surface area contributed by atoms with E-state index in [9.17, 15) is 0 Å². The minimum absolute atomic E-state index is 1.14. The molecular formula is C20H17Se+. The SMILES string of the molecule is C(=C\[Se+](c1ccccc1)c1ccccc1)/c1ccccc1. The van der Waals surface area contributed by atoms with Crippen molar-refractivity contribution in [2.24, 2.45) is 0 Å². The Balaban J connectivity index is 1.96. The molecule has 0 N–H and O–H groups in total. The summed E-state index contributed by atoms with van der Waals surface area (Å²) in [4.78, 5) is 2.40. The van der Waals surface area contributed by atoms with Gasteiger partial charge in [-0.15, -0.1) is 0 Å². The van der Waals surface area contributed by atoms with Crippen LogP contribution in [0, 0.1) is 0 Å². The predicted molar refractivity (Wildman–Crippen MR) is 93.4 cm³/mol. The van der Waals surface area contributed by atoms with Crippen molar-refractivity contribution in [1.29, 1.82) is 0 Å². The Morgan fingerprint density at radius 2 is 0.952 bits per heavy atom. The molecule has 3 aromatic rings. The summed E-state index contributed by atoms with van der Waals surface area (Å²) in [7, 11) is 0. The van der Waals surface area contributed by atoms with E-state index in [4.69, 9.17) is 0 Å². The van der Waals surface area contributed by atoms with E-state index in [2.05, 4.69) is 102 Å². The van der Waals surface area contributed by atoms with Crippen LogP contribution in [0.1, 0.15) is 5.56 Å². The Kier molecular flexibility index (Phi) is 4.68. The minimum atomic E-state index is -1.14. The van der Waals surface area contributed by atoms with Crippen LogP contribution in [0.4, 0.5) is 0 Å². The Labute approximate surface area is 130 Å². The summed E-state index contributed by atoms with van der Waals surface area (Å²) in [6.45, 7) is 0. The van der Waals surface area contributed by atoms with Crippen molar-refractivity contribution in [3.05, 3.63) is 102 Å². The molecule has 1 heteroatoms. The van der Waals surface area contributed by atoms with Crippen molar-refractivity contribution >= 4 is 28.9 Å². The number of rotatable bonds is 4. The van der Waals surface area contributed by atoms with Gasteiger partial charge in [0.1, 0.15) is 0 Å². The van der Waals surface area contributed by atoms with Crippen LogP contribution in [0.15, 0.2) is 96.0 Å². The van der Waals surface area contributed by atoms with E-state index in [1.165, 1.54) is 14.5 Å². The number of benzene rings is 3. The van der Waals surface area contributed by atoms with E-state index in [0.717, 1.165) is 0 Å². The van der Waals surface area contributed by atoms with Gasteiger partial charge in [-0.1, -0.05) is 0 Å². The zero-order valence-corrected chi connectivity index (χ0v) is 13.4. The second kappa shape index (κ2) is 7.08. The van der Waals surface area contributed by atoms with Gasteiger partial charge in [0.25, 0.3) is 0 Å². The third kappa shape index (κ3) is 3.72. The van der Waals surface area contributed by atoms with Crippen molar-refractivity contribution in [1.82, 2.24) is 0 Å². The first-order chi connectivity index (χ1) is 10.4. The normalized spacial score (nSPS) is 11.1. The third-order valence-electron chi connectivity index (χ3n) is 3.19. The first-order valence-electron chi connectivity index (χ1n) is 7.00. The molecule has 0 saturated heterocycles. The fraction of sp³-hybridized carbons (Fsp3) is 0. The number of hydrogen-bond acceptors (Lipinski definition) is 0. The Morgan fingerprint density at radius 3 is 1.43 bits per heavy atom. The predicted octanol–water partition coefficient (Wildman–Crippen LogP) is 3.55. The van der Waals surface area contributed by atoms with Crippen LogP contribution in [0.5, 0.6) is 0 Å². The molecule has 0 amide bonds. The van der Waals surface area contributed by atoms with Crippen LogP contribution >= 0.6 is 0 Å². The first-order valence-corrected chi connectivity index (χ1v) is 9.70. The van der Waals surface area contributed by atoms with Crippen molar-refractivity contribution in [2.45, 2.75) is 0 Å². The van der Waals surface area contributed by atoms with Crippen LogP contribution in [-0.4, -0.2) is 13.9 Å². The average Bonchev–Trinajstić information content (AvgIpc) is 2.58. The molecule has 0 fully saturated rings. The molecule has 3 aromatic carbocycles. The van der Waals surface area contributed by atoms with Gasteiger partial charge >= 0.3 is 130 Å². The monoisotopic (exact) mass is 337 g/mol. The fourth-order valence-corrected chi connectivity index (χ4v) is 5.87. The van der Waals surface area contributed by atoms with Gasteiger partial charge in [0.05, 0.1) is 0 Å². The molecule has 0 radical (unpaired) electrons. The van der Waals surface area contributed by atoms with Crippen LogP contribution in [0.2, 0.25) is 0 Å². The van der Waals surface area contributed by atoms with E-state index in [0.29, 0.717) is 0 Å². The molecule has 102 valence electrons. The van der Waals surface area contributed by atoms with E-state index in [1.807, 2.05) is 0 Å². The van der Waals surface area contributed by atoms with Gasteiger partial charge in [-0.3, -0.25) is 0 Å². The molecule has 0 bridgehead atoms. The third-order valence-corrected chi connectivity index (χ3v) is 7.32. The summed E-state index contributed by atoms with van der Waals surface area (Å²) in [5, 5.41) is 0. The molecule has 0 aliphatic rings. The maximum atomic E-state index is 2.40. The van der Waals surface area contributed by atoms with Crippen LogP contribution in [-0.2, 0) is 0 Å². The van der Waals surface area contributed by atoms with Gasteiger partial charge in [0.2, 0.25) is 0 Å². The number of hydrogen-bond donors (Lipinski definition) is 0. The van der Waals surface area contributed by atoms with Crippen LogP contribution in [0.25, 0.3) is 6.08 Å². The zero-order valence-electron chi connectivity index (χ0n) is 11.7. The molecule has 3 rings (SSSR count). The molecule has 0 aromatic heterocycles. The van der Waals surface area contributed by atoms with Crippen LogP contribution < -0.4 is 8.92 Å². The molecule has 0 saturated carbocycles. The molecule has 0 aliphatic heterocycles. The first kappa shape index (κ1) is 13.9. The van der Waals surface area contributed by atoms with Gasteiger partial charge in [0.15, 0.2) is 0 Å². The fourth-order valence-electron chi connectivity index (χ4n) is 2.14. The molecule has 21 heavy (non-hydrogen) atoms. The van der Waals surface area contributed by atoms with Crippen molar-refractivity contribution in [2.75, 3.05) is 0 Å². The summed E-state index contributed by atoms with van der Waals surface area (Å²) in [6, 6.07) is 32.2. The van der Waals surface area contributed by atoms with Crippen molar-refractivity contribution in [3.63, 3.8) is 0 Å². The van der Waals surface area contributed by atoms with E-state index in [1.54, 1.807) is 0 Å². The Morgan fingerprint density at radius 1 is 0.524 bits per heavy atom. The molecule has 0 heterocycles. The quantitative estimate of drug-likeness (QED) is 0.639. The maximum absolute atomic E-state index is 2.40. The van der Waals surface area contributed by atoms with Gasteiger partial charge in [0, 0.05) is 0 Å². The molecule has 0 atom stereocenters. The second-order valence-electron chi connectivity index (χ2n) is 4.68. The van der Waals surface area contributed by atoms with Gasteiger partial charge < -0.3 is 0 Å². The van der Waals surface area contributed by atoms with E-state index >= 15 is 0 Å². The summed E-state index contributed by atoms with van der Waals surface area (Å²) in [5.74, 6) is 0. The topological polar surface area (TPSA) is 0 Å². The van der Waals surface area contributed by atoms with Gasteiger partial charge in [-0.2, -0.15) is 0 Å². The van der Waals surface area contributed by atoms with Gasteiger partial charge in [-0.25, -0.2) is 0 Å². The molecular weight excluding hydrogens is 319 g/mol. The van der Waals surface area contributed by atoms with Gasteiger partial charge in [-0.05, 0) is 0 Å². The van der Waals surface area contributed by atoms with E-state index in [-0.39, 0.29) is 0 Å². The Bertz CT molecular complexity index is 648. The molecule has 0 nitrogen and oxygen atoms in total. The summed E-state index contributed by atoms with van der Waals surface area (Å²) in [5.41, 5.74) is 1.26. The molecule has 0 unspecified atom stereocenters. The van der Waals surface area contributed by atoms with Crippen molar-refractivity contribution in [3.8, 4) is 0 Å². The van der Waals surface area contributed by atoms with Crippen molar-refractivity contribution < 1.29 is 0 Å². The zero-order chi connectivity index (χ0) is 14.3. The summed E-state index contributed by atoms with van der Waals surface area (Å²) < 4.78 is 2.88. The summed E-state index contributed by atoms with van der Waals surface area (Å²) in [6.07, 6.45) is 2.25. The Hall–Kier alpha value is -2.08.